The van der Waals surface area contributed by atoms with Crippen LogP contribution in [0, 0.1) is 0 Å². The van der Waals surface area contributed by atoms with Gasteiger partial charge >= 0.3 is 6.09 Å². The number of amides is 1. The molecule has 0 aromatic heterocycles. The normalized spacial score (nSPS) is 12.4. The lowest BCUT2D eigenvalue weighted by molar-refractivity contribution is 0.0267. The van der Waals surface area contributed by atoms with E-state index in [9.17, 15) is 4.79 Å². The predicted molar refractivity (Wildman–Crippen MR) is 36.5 cm³/mol. The van der Waals surface area contributed by atoms with Gasteiger partial charge in [0.25, 0.3) is 0 Å². The summed E-state index contributed by atoms with van der Waals surface area (Å²) >= 11 is 0. The van der Waals surface area contributed by atoms with Gasteiger partial charge in [0.15, 0.2) is 0 Å². The van der Waals surface area contributed by atoms with E-state index in [1.165, 1.54) is 14.0 Å². The third-order valence-electron chi connectivity index (χ3n) is 1.12. The van der Waals surface area contributed by atoms with Gasteiger partial charge in [0.05, 0.1) is 6.61 Å². The van der Waals surface area contributed by atoms with Crippen LogP contribution in [-0.4, -0.2) is 36.0 Å². The van der Waals surface area contributed by atoms with Gasteiger partial charge in [-0.05, 0) is 13.8 Å². The zero-order valence-electron chi connectivity index (χ0n) is 6.50. The fourth-order valence-electron chi connectivity index (χ4n) is 0.378. The van der Waals surface area contributed by atoms with E-state index in [2.05, 4.69) is 4.74 Å². The number of hydrogen-bond donors (Lipinski definition) is 1. The Bertz CT molecular complexity index is 114. The highest BCUT2D eigenvalue weighted by atomic mass is 16.6. The minimum Gasteiger partial charge on any atom is -0.450 e. The highest BCUT2D eigenvalue weighted by molar-refractivity contribution is 5.67. The van der Waals surface area contributed by atoms with Gasteiger partial charge in [-0.2, -0.15) is 0 Å². The van der Waals surface area contributed by atoms with Crippen molar-refractivity contribution in [3.05, 3.63) is 0 Å². The van der Waals surface area contributed by atoms with E-state index in [1.54, 1.807) is 6.92 Å². The Balaban J connectivity index is 3.71. The summed E-state index contributed by atoms with van der Waals surface area (Å²) in [6, 6.07) is 0. The smallest absolute Gasteiger partial charge is 0.411 e. The first-order valence-corrected chi connectivity index (χ1v) is 3.17. The van der Waals surface area contributed by atoms with Crippen molar-refractivity contribution in [2.24, 2.45) is 0 Å². The third kappa shape index (κ3) is 2.68. The van der Waals surface area contributed by atoms with Crippen molar-refractivity contribution in [3.63, 3.8) is 0 Å². The number of rotatable bonds is 2. The van der Waals surface area contributed by atoms with Crippen LogP contribution in [0.5, 0.6) is 0 Å². The Labute approximate surface area is 60.4 Å². The van der Waals surface area contributed by atoms with Crippen molar-refractivity contribution in [2.75, 3.05) is 13.7 Å². The summed E-state index contributed by atoms with van der Waals surface area (Å²) in [7, 11) is 1.47. The lowest BCUT2D eigenvalue weighted by Gasteiger charge is -2.18. The molecule has 1 unspecified atom stereocenters. The molecule has 0 aliphatic carbocycles. The lowest BCUT2D eigenvalue weighted by Crippen LogP contribution is -2.35. The second-order valence-corrected chi connectivity index (χ2v) is 1.94. The van der Waals surface area contributed by atoms with Gasteiger partial charge in [-0.25, -0.2) is 4.79 Å². The van der Waals surface area contributed by atoms with E-state index in [0.29, 0.717) is 6.61 Å². The maximum absolute atomic E-state index is 10.7. The Hall–Kier alpha value is -0.770. The van der Waals surface area contributed by atoms with Crippen molar-refractivity contribution < 1.29 is 14.6 Å². The topological polar surface area (TPSA) is 49.8 Å². The molecule has 1 N–H and O–H groups in total. The second kappa shape index (κ2) is 4.11. The van der Waals surface area contributed by atoms with E-state index in [0.717, 1.165) is 4.90 Å². The van der Waals surface area contributed by atoms with Crippen molar-refractivity contribution in [1.29, 1.82) is 0 Å². The number of carbonyl (C=O) groups is 1. The molecule has 1 atom stereocenters. The molecule has 4 heteroatoms. The number of aliphatic hydroxyl groups excluding tert-OH is 1. The molecule has 0 radical (unpaired) electrons. The predicted octanol–water partition coefficient (Wildman–Crippen LogP) is 0.413. The number of nitrogens with zero attached hydrogens (tertiary/aromatic N) is 1. The van der Waals surface area contributed by atoms with Gasteiger partial charge in [0.1, 0.15) is 6.23 Å². The zero-order valence-corrected chi connectivity index (χ0v) is 6.50. The van der Waals surface area contributed by atoms with Gasteiger partial charge in [-0.1, -0.05) is 0 Å². The summed E-state index contributed by atoms with van der Waals surface area (Å²) in [6.45, 7) is 3.54. The Kier molecular flexibility index (Phi) is 3.79. The molecule has 0 spiro atoms. The highest BCUT2D eigenvalue weighted by Gasteiger charge is 2.12. The number of ether oxygens (including phenoxy) is 1. The molecule has 0 saturated heterocycles. The monoisotopic (exact) mass is 147 g/mol. The molecule has 4 nitrogen and oxygen atoms in total. The van der Waals surface area contributed by atoms with E-state index in [1.807, 2.05) is 0 Å². The van der Waals surface area contributed by atoms with Crippen molar-refractivity contribution in [3.8, 4) is 0 Å². The third-order valence-corrected chi connectivity index (χ3v) is 1.12. The highest BCUT2D eigenvalue weighted by Crippen LogP contribution is 1.93. The first-order valence-electron chi connectivity index (χ1n) is 3.17. The molecule has 0 heterocycles. The molecule has 10 heavy (non-hydrogen) atoms. The van der Waals surface area contributed by atoms with Crippen LogP contribution in [0.25, 0.3) is 0 Å². The van der Waals surface area contributed by atoms with Gasteiger partial charge < -0.3 is 9.84 Å². The molecule has 0 saturated carbocycles. The standard InChI is InChI=1S/C6H13NO3/c1-4-10-6(9)7(3)5(2)8/h5,8H,4H2,1-3H3. The maximum atomic E-state index is 10.7. The fourth-order valence-corrected chi connectivity index (χ4v) is 0.378. The molecule has 0 fully saturated rings. The summed E-state index contributed by atoms with van der Waals surface area (Å²) < 4.78 is 4.59. The number of hydrogen-bond acceptors (Lipinski definition) is 3. The Morgan fingerprint density at radius 1 is 1.80 bits per heavy atom. The van der Waals surface area contributed by atoms with Crippen LogP contribution in [0.15, 0.2) is 0 Å². The quantitative estimate of drug-likeness (QED) is 0.575. The van der Waals surface area contributed by atoms with Gasteiger partial charge in [-0.15, -0.1) is 0 Å². The summed E-state index contributed by atoms with van der Waals surface area (Å²) in [5.74, 6) is 0. The summed E-state index contributed by atoms with van der Waals surface area (Å²) in [5.41, 5.74) is 0. The van der Waals surface area contributed by atoms with E-state index < -0.39 is 12.3 Å². The van der Waals surface area contributed by atoms with Gasteiger partial charge in [-0.3, -0.25) is 4.90 Å². The first kappa shape index (κ1) is 9.23. The minimum atomic E-state index is -0.793. The molecule has 0 bridgehead atoms. The van der Waals surface area contributed by atoms with Gasteiger partial charge in [0, 0.05) is 7.05 Å². The molecule has 0 aromatic carbocycles. The van der Waals surface area contributed by atoms with Crippen LogP contribution < -0.4 is 0 Å². The number of carbonyl (C=O) groups excluding carboxylic acids is 1. The van der Waals surface area contributed by atoms with E-state index in [-0.39, 0.29) is 0 Å². The van der Waals surface area contributed by atoms with Crippen LogP contribution in [0.4, 0.5) is 4.79 Å². The molecule has 0 aliphatic heterocycles. The Morgan fingerprint density at radius 3 is 2.60 bits per heavy atom. The van der Waals surface area contributed by atoms with Gasteiger partial charge in [0.2, 0.25) is 0 Å². The fraction of sp³-hybridized carbons (Fsp3) is 0.833. The van der Waals surface area contributed by atoms with E-state index >= 15 is 0 Å². The van der Waals surface area contributed by atoms with Crippen molar-refractivity contribution in [2.45, 2.75) is 20.1 Å². The van der Waals surface area contributed by atoms with Crippen LogP contribution >= 0.6 is 0 Å². The van der Waals surface area contributed by atoms with Crippen LogP contribution in [0.3, 0.4) is 0 Å². The van der Waals surface area contributed by atoms with E-state index in [4.69, 9.17) is 5.11 Å². The largest absolute Gasteiger partial charge is 0.450 e. The van der Waals surface area contributed by atoms with Crippen LogP contribution in [0.2, 0.25) is 0 Å². The van der Waals surface area contributed by atoms with Crippen molar-refractivity contribution >= 4 is 6.09 Å². The lowest BCUT2D eigenvalue weighted by atomic mass is 10.6. The maximum Gasteiger partial charge on any atom is 0.411 e. The summed E-state index contributed by atoms with van der Waals surface area (Å²) in [6.07, 6.45) is -1.29. The Morgan fingerprint density at radius 2 is 2.30 bits per heavy atom. The molecule has 0 aromatic rings. The molecular weight excluding hydrogens is 134 g/mol. The zero-order chi connectivity index (χ0) is 8.15. The van der Waals surface area contributed by atoms with Crippen LogP contribution in [-0.2, 0) is 4.74 Å². The molecular formula is C6H13NO3. The van der Waals surface area contributed by atoms with Crippen molar-refractivity contribution in [1.82, 2.24) is 4.90 Å². The molecule has 0 aliphatic rings. The molecule has 60 valence electrons. The first-order chi connectivity index (χ1) is 4.59. The summed E-state index contributed by atoms with van der Waals surface area (Å²) in [4.78, 5) is 11.8. The average Bonchev–Trinajstić information content (AvgIpc) is 1.87. The summed E-state index contributed by atoms with van der Waals surface area (Å²) in [5, 5.41) is 8.84. The second-order valence-electron chi connectivity index (χ2n) is 1.94. The average molecular weight is 147 g/mol. The SMILES string of the molecule is CCOC(=O)N(C)C(C)O. The number of aliphatic hydroxyl groups is 1. The van der Waals surface area contributed by atoms with Crippen LogP contribution in [0.1, 0.15) is 13.8 Å². The minimum absolute atomic E-state index is 0.329. The molecule has 1 amide bonds. The molecule has 0 rings (SSSR count).